The van der Waals surface area contributed by atoms with E-state index in [1.165, 1.54) is 18.9 Å². The van der Waals surface area contributed by atoms with Crippen molar-refractivity contribution in [3.8, 4) is 11.8 Å². The predicted octanol–water partition coefficient (Wildman–Crippen LogP) is 2.02. The second kappa shape index (κ2) is 7.63. The molecule has 0 atom stereocenters. The molecule has 0 fully saturated rings. The summed E-state index contributed by atoms with van der Waals surface area (Å²) >= 11 is 4.31. The average molecular weight is 292 g/mol. The minimum absolute atomic E-state index is 0.0262. The molecule has 0 amide bonds. The molecule has 0 aliphatic rings. The summed E-state index contributed by atoms with van der Waals surface area (Å²) in [6.45, 7) is -1.01. The molecule has 6 nitrogen and oxygen atoms in total. The van der Waals surface area contributed by atoms with Crippen LogP contribution in [-0.4, -0.2) is 26.6 Å². The molecule has 102 valence electrons. The average Bonchev–Trinajstić information content (AvgIpc) is 2.29. The molecule has 0 unspecified atom stereocenters. The van der Waals surface area contributed by atoms with Crippen molar-refractivity contribution in [1.29, 1.82) is 0 Å². The molecule has 1 aromatic heterocycles. The van der Waals surface area contributed by atoms with Crippen LogP contribution in [0.4, 0.5) is 0 Å². The Morgan fingerprint density at radius 2 is 1.83 bits per heavy atom. The Morgan fingerprint density at radius 1 is 1.17 bits per heavy atom. The predicted molar refractivity (Wildman–Crippen MR) is 71.0 cm³/mol. The SMILES string of the molecule is CCCCCCOc1ccc(OP(O)(O)=S)nn1. The van der Waals surface area contributed by atoms with Gasteiger partial charge in [0.05, 0.1) is 6.61 Å². The first kappa shape index (κ1) is 15.3. The molecule has 0 aromatic carbocycles. The van der Waals surface area contributed by atoms with E-state index < -0.39 is 6.72 Å². The number of nitrogens with zero attached hydrogens (tertiary/aromatic N) is 2. The fourth-order valence-electron chi connectivity index (χ4n) is 1.26. The molecule has 0 radical (unpaired) electrons. The fraction of sp³-hybridized carbons (Fsp3) is 0.600. The second-order valence-electron chi connectivity index (χ2n) is 3.70. The van der Waals surface area contributed by atoms with E-state index in [0.29, 0.717) is 12.5 Å². The molecule has 0 saturated carbocycles. The van der Waals surface area contributed by atoms with Crippen molar-refractivity contribution >= 4 is 18.5 Å². The summed E-state index contributed by atoms with van der Waals surface area (Å²) in [6.07, 6.45) is 4.48. The molecule has 1 heterocycles. The lowest BCUT2D eigenvalue weighted by atomic mass is 10.2. The van der Waals surface area contributed by atoms with Gasteiger partial charge in [0, 0.05) is 23.9 Å². The highest BCUT2D eigenvalue weighted by Gasteiger charge is 2.11. The summed E-state index contributed by atoms with van der Waals surface area (Å²) in [5.41, 5.74) is 0. The maximum Gasteiger partial charge on any atom is 0.376 e. The van der Waals surface area contributed by atoms with Gasteiger partial charge in [-0.05, 0) is 6.42 Å². The number of hydrogen-bond donors (Lipinski definition) is 2. The number of ether oxygens (including phenoxy) is 1. The van der Waals surface area contributed by atoms with E-state index in [9.17, 15) is 0 Å². The van der Waals surface area contributed by atoms with Crippen LogP contribution in [0, 0.1) is 0 Å². The Balaban J connectivity index is 2.34. The lowest BCUT2D eigenvalue weighted by molar-refractivity contribution is 0.288. The molecule has 8 heteroatoms. The molecule has 0 aliphatic carbocycles. The lowest BCUT2D eigenvalue weighted by Gasteiger charge is -2.08. The van der Waals surface area contributed by atoms with Crippen LogP contribution in [0.1, 0.15) is 32.6 Å². The van der Waals surface area contributed by atoms with E-state index in [0.717, 1.165) is 12.8 Å². The third-order valence-corrected chi connectivity index (χ3v) is 2.72. The topological polar surface area (TPSA) is 84.7 Å². The zero-order chi connectivity index (χ0) is 13.4. The number of aromatic nitrogens is 2. The minimum atomic E-state index is -3.75. The van der Waals surface area contributed by atoms with Crippen LogP contribution in [0.25, 0.3) is 0 Å². The monoisotopic (exact) mass is 292 g/mol. The van der Waals surface area contributed by atoms with Crippen molar-refractivity contribution in [2.45, 2.75) is 32.6 Å². The maximum absolute atomic E-state index is 8.92. The van der Waals surface area contributed by atoms with Crippen molar-refractivity contribution in [1.82, 2.24) is 10.2 Å². The summed E-state index contributed by atoms with van der Waals surface area (Å²) in [4.78, 5) is 17.8. The molecule has 1 aromatic rings. The van der Waals surface area contributed by atoms with Gasteiger partial charge in [0.2, 0.25) is 11.8 Å². The standard InChI is InChI=1S/C10H17N2O4PS/c1-2-3-4-5-8-15-9-6-7-10(12-11-9)16-17(13,14)18/h6-7H,2-5,8H2,1H3,(H2,13,14,18). The van der Waals surface area contributed by atoms with Crippen LogP contribution in [0.3, 0.4) is 0 Å². The van der Waals surface area contributed by atoms with E-state index in [1.807, 2.05) is 0 Å². The van der Waals surface area contributed by atoms with E-state index in [1.54, 1.807) is 6.07 Å². The van der Waals surface area contributed by atoms with Crippen molar-refractivity contribution < 1.29 is 19.0 Å². The highest BCUT2D eigenvalue weighted by molar-refractivity contribution is 8.06. The Bertz CT molecular complexity index is 395. The molecular weight excluding hydrogens is 275 g/mol. The van der Waals surface area contributed by atoms with Gasteiger partial charge in [-0.2, -0.15) is 0 Å². The zero-order valence-corrected chi connectivity index (χ0v) is 11.9. The van der Waals surface area contributed by atoms with Crippen LogP contribution in [0.15, 0.2) is 12.1 Å². The molecule has 0 aliphatic heterocycles. The molecule has 0 saturated heterocycles. The minimum Gasteiger partial charge on any atom is -0.477 e. The van der Waals surface area contributed by atoms with Gasteiger partial charge < -0.3 is 19.0 Å². The molecule has 1 rings (SSSR count). The van der Waals surface area contributed by atoms with E-state index in [4.69, 9.17) is 14.5 Å². The Morgan fingerprint density at radius 3 is 2.39 bits per heavy atom. The van der Waals surface area contributed by atoms with Gasteiger partial charge in [0.25, 0.3) is 0 Å². The van der Waals surface area contributed by atoms with Gasteiger partial charge in [-0.3, -0.25) is 0 Å². The summed E-state index contributed by atoms with van der Waals surface area (Å²) in [7, 11) is 0. The normalized spacial score (nSPS) is 11.3. The van der Waals surface area contributed by atoms with Crippen LogP contribution >= 0.6 is 6.72 Å². The van der Waals surface area contributed by atoms with Gasteiger partial charge >= 0.3 is 6.72 Å². The van der Waals surface area contributed by atoms with Crippen molar-refractivity contribution in [2.75, 3.05) is 6.61 Å². The molecular formula is C10H17N2O4PS. The quantitative estimate of drug-likeness (QED) is 0.560. The number of unbranched alkanes of at least 4 members (excludes halogenated alkanes) is 3. The smallest absolute Gasteiger partial charge is 0.376 e. The van der Waals surface area contributed by atoms with Crippen LogP contribution in [0.5, 0.6) is 11.8 Å². The first-order chi connectivity index (χ1) is 8.51. The Kier molecular flexibility index (Phi) is 6.49. The van der Waals surface area contributed by atoms with E-state index in [-0.39, 0.29) is 5.88 Å². The summed E-state index contributed by atoms with van der Waals surface area (Å²) in [5, 5.41) is 7.36. The van der Waals surface area contributed by atoms with Gasteiger partial charge in [-0.25, -0.2) is 0 Å². The van der Waals surface area contributed by atoms with Crippen LogP contribution < -0.4 is 9.26 Å². The highest BCUT2D eigenvalue weighted by Crippen LogP contribution is 2.36. The number of rotatable bonds is 8. The second-order valence-corrected chi connectivity index (χ2v) is 6.29. The van der Waals surface area contributed by atoms with E-state index >= 15 is 0 Å². The first-order valence-corrected chi connectivity index (χ1v) is 8.35. The van der Waals surface area contributed by atoms with Crippen molar-refractivity contribution in [3.05, 3.63) is 12.1 Å². The lowest BCUT2D eigenvalue weighted by Crippen LogP contribution is -2.01. The van der Waals surface area contributed by atoms with Crippen LogP contribution in [-0.2, 0) is 11.8 Å². The first-order valence-electron chi connectivity index (χ1n) is 5.73. The van der Waals surface area contributed by atoms with Gasteiger partial charge in [-0.1, -0.05) is 26.2 Å². The van der Waals surface area contributed by atoms with Crippen molar-refractivity contribution in [2.24, 2.45) is 0 Å². The Hall–Kier alpha value is -0.750. The summed E-state index contributed by atoms with van der Waals surface area (Å²) < 4.78 is 9.99. The maximum atomic E-state index is 8.92. The summed E-state index contributed by atoms with van der Waals surface area (Å²) in [6, 6.07) is 2.98. The molecule has 2 N–H and O–H groups in total. The largest absolute Gasteiger partial charge is 0.477 e. The third-order valence-electron chi connectivity index (χ3n) is 2.08. The summed E-state index contributed by atoms with van der Waals surface area (Å²) in [5.74, 6) is 0.352. The van der Waals surface area contributed by atoms with Gasteiger partial charge in [-0.15, -0.1) is 10.2 Å². The van der Waals surface area contributed by atoms with Gasteiger partial charge in [0.1, 0.15) is 0 Å². The van der Waals surface area contributed by atoms with Gasteiger partial charge in [0.15, 0.2) is 0 Å². The Labute approximate surface area is 111 Å². The highest BCUT2D eigenvalue weighted by atomic mass is 32.5. The third kappa shape index (κ3) is 6.86. The molecule has 0 bridgehead atoms. The van der Waals surface area contributed by atoms with Crippen molar-refractivity contribution in [3.63, 3.8) is 0 Å². The van der Waals surface area contributed by atoms with E-state index in [2.05, 4.69) is 33.5 Å². The number of hydrogen-bond acceptors (Lipinski definition) is 5. The zero-order valence-electron chi connectivity index (χ0n) is 10.2. The fourth-order valence-corrected chi connectivity index (χ4v) is 1.83. The van der Waals surface area contributed by atoms with Crippen LogP contribution in [0.2, 0.25) is 0 Å². The molecule has 18 heavy (non-hydrogen) atoms. The molecule has 0 spiro atoms.